The topological polar surface area (TPSA) is 114 Å². The number of nitrogens with one attached hydrogen (secondary N) is 2. The second kappa shape index (κ2) is 18.4. The van der Waals surface area contributed by atoms with Gasteiger partial charge in [0.05, 0.1) is 0 Å². The van der Waals surface area contributed by atoms with E-state index in [2.05, 4.69) is 17.6 Å². The Morgan fingerprint density at radius 3 is 1.78 bits per heavy atom. The summed E-state index contributed by atoms with van der Waals surface area (Å²) in [5.41, 5.74) is 1.60. The van der Waals surface area contributed by atoms with E-state index in [1.807, 2.05) is 91.9 Å². The number of alkyl carbamates (subject to hydrolysis) is 1. The number of benzene rings is 3. The van der Waals surface area contributed by atoms with Crippen molar-refractivity contribution in [2.45, 2.75) is 117 Å². The van der Waals surface area contributed by atoms with Crippen molar-refractivity contribution in [1.29, 1.82) is 0 Å². The molecule has 9 heteroatoms. The molecular formula is C41H55N3O6. The zero-order valence-corrected chi connectivity index (χ0v) is 31.0. The first-order valence-corrected chi connectivity index (χ1v) is 17.5. The Balaban J connectivity index is 2.11. The van der Waals surface area contributed by atoms with Crippen molar-refractivity contribution in [2.24, 2.45) is 0 Å². The minimum atomic E-state index is -1.11. The maximum atomic E-state index is 14.8. The van der Waals surface area contributed by atoms with Gasteiger partial charge in [0.25, 0.3) is 0 Å². The molecular weight excluding hydrogens is 630 g/mol. The minimum Gasteiger partial charge on any atom is -0.458 e. The average molecular weight is 686 g/mol. The number of hydrogen-bond acceptors (Lipinski definition) is 6. The van der Waals surface area contributed by atoms with Crippen molar-refractivity contribution < 1.29 is 28.7 Å². The summed E-state index contributed by atoms with van der Waals surface area (Å²) in [7, 11) is 0. The highest BCUT2D eigenvalue weighted by atomic mass is 16.6. The maximum Gasteiger partial charge on any atom is 0.408 e. The summed E-state index contributed by atoms with van der Waals surface area (Å²) in [4.78, 5) is 57.8. The van der Waals surface area contributed by atoms with Crippen LogP contribution in [0.25, 0.3) is 0 Å². The van der Waals surface area contributed by atoms with Gasteiger partial charge in [-0.25, -0.2) is 9.59 Å². The highest BCUT2D eigenvalue weighted by Gasteiger charge is 2.38. The summed E-state index contributed by atoms with van der Waals surface area (Å²) in [5.74, 6) is -1.53. The minimum absolute atomic E-state index is 0.180. The van der Waals surface area contributed by atoms with E-state index in [0.717, 1.165) is 29.5 Å². The molecule has 3 amide bonds. The highest BCUT2D eigenvalue weighted by molar-refractivity contribution is 5.94. The van der Waals surface area contributed by atoms with Crippen molar-refractivity contribution in [3.8, 4) is 0 Å². The molecule has 0 radical (unpaired) electrons. The number of carbonyl (C=O) groups excluding carboxylic acids is 4. The molecule has 3 aromatic rings. The van der Waals surface area contributed by atoms with Crippen LogP contribution in [0.3, 0.4) is 0 Å². The number of ether oxygens (including phenoxy) is 2. The first-order chi connectivity index (χ1) is 23.6. The third-order valence-corrected chi connectivity index (χ3v) is 7.77. The molecule has 0 bridgehead atoms. The Kier molecular flexibility index (Phi) is 14.6. The van der Waals surface area contributed by atoms with Gasteiger partial charge in [-0.3, -0.25) is 9.59 Å². The second-order valence-electron chi connectivity index (χ2n) is 14.7. The lowest BCUT2D eigenvalue weighted by atomic mass is 9.98. The van der Waals surface area contributed by atoms with Crippen LogP contribution in [-0.2, 0) is 36.7 Å². The molecule has 0 aliphatic heterocycles. The Morgan fingerprint density at radius 1 is 0.700 bits per heavy atom. The molecule has 0 saturated heterocycles. The maximum absolute atomic E-state index is 14.8. The summed E-state index contributed by atoms with van der Waals surface area (Å²) in [6, 6.07) is 23.1. The molecule has 0 aliphatic carbocycles. The first-order valence-electron chi connectivity index (χ1n) is 17.5. The van der Waals surface area contributed by atoms with E-state index < -0.39 is 53.2 Å². The Labute approximate surface area is 298 Å². The molecule has 2 N–H and O–H groups in total. The first kappa shape index (κ1) is 39.8. The fourth-order valence-corrected chi connectivity index (χ4v) is 5.58. The SMILES string of the molecule is CCCCCN(C(=O)C(Cc1ccccc1)NC(=O)OC(C)(C)C)C(C(=O)NC(Cc1ccccc1)C(=O)OC(C)(C)C)c1cccc(C)c1. The Morgan fingerprint density at radius 2 is 1.26 bits per heavy atom. The highest BCUT2D eigenvalue weighted by Crippen LogP contribution is 2.26. The summed E-state index contributed by atoms with van der Waals surface area (Å²) in [6.07, 6.45) is 1.99. The molecule has 0 spiro atoms. The van der Waals surface area contributed by atoms with Crippen LogP contribution in [0.4, 0.5) is 4.79 Å². The molecule has 3 atom stereocenters. The van der Waals surface area contributed by atoms with E-state index in [0.29, 0.717) is 12.0 Å². The van der Waals surface area contributed by atoms with Crippen molar-refractivity contribution in [1.82, 2.24) is 15.5 Å². The van der Waals surface area contributed by atoms with E-state index in [1.165, 1.54) is 0 Å². The number of aryl methyl sites for hydroxylation is 1. The number of esters is 1. The largest absolute Gasteiger partial charge is 0.458 e. The molecule has 50 heavy (non-hydrogen) atoms. The van der Waals surface area contributed by atoms with E-state index in [1.54, 1.807) is 46.4 Å². The second-order valence-corrected chi connectivity index (χ2v) is 14.7. The predicted octanol–water partition coefficient (Wildman–Crippen LogP) is 7.26. The van der Waals surface area contributed by atoms with Crippen LogP contribution >= 0.6 is 0 Å². The molecule has 0 fully saturated rings. The Bertz CT molecular complexity index is 1550. The van der Waals surface area contributed by atoms with Crippen LogP contribution in [-0.4, -0.2) is 58.6 Å². The summed E-state index contributed by atoms with van der Waals surface area (Å²) in [6.45, 7) is 14.8. The molecule has 270 valence electrons. The smallest absolute Gasteiger partial charge is 0.408 e. The van der Waals surface area contributed by atoms with Gasteiger partial charge in [-0.05, 0) is 71.6 Å². The van der Waals surface area contributed by atoms with E-state index in [-0.39, 0.29) is 19.4 Å². The van der Waals surface area contributed by atoms with Crippen LogP contribution in [0, 0.1) is 6.92 Å². The third kappa shape index (κ3) is 13.3. The molecule has 3 rings (SSSR count). The normalized spacial score (nSPS) is 13.4. The van der Waals surface area contributed by atoms with Crippen LogP contribution < -0.4 is 10.6 Å². The van der Waals surface area contributed by atoms with Crippen molar-refractivity contribution >= 4 is 23.9 Å². The summed E-state index contributed by atoms with van der Waals surface area (Å²) < 4.78 is 11.3. The van der Waals surface area contributed by atoms with E-state index in [4.69, 9.17) is 9.47 Å². The quantitative estimate of drug-likeness (QED) is 0.129. The number of unbranched alkanes of at least 4 members (excludes halogenated alkanes) is 2. The van der Waals surface area contributed by atoms with Crippen LogP contribution in [0.2, 0.25) is 0 Å². The molecule has 9 nitrogen and oxygen atoms in total. The van der Waals surface area contributed by atoms with Crippen LogP contribution in [0.5, 0.6) is 0 Å². The molecule has 0 saturated carbocycles. The lowest BCUT2D eigenvalue weighted by Gasteiger charge is -2.35. The van der Waals surface area contributed by atoms with E-state index >= 15 is 0 Å². The van der Waals surface area contributed by atoms with Gasteiger partial charge >= 0.3 is 12.1 Å². The number of nitrogens with zero attached hydrogens (tertiary/aromatic N) is 1. The summed E-state index contributed by atoms with van der Waals surface area (Å²) >= 11 is 0. The molecule has 0 aromatic heterocycles. The van der Waals surface area contributed by atoms with Gasteiger partial charge in [0, 0.05) is 19.4 Å². The van der Waals surface area contributed by atoms with E-state index in [9.17, 15) is 19.2 Å². The summed E-state index contributed by atoms with van der Waals surface area (Å²) in [5, 5.41) is 5.78. The fraction of sp³-hybridized carbons (Fsp3) is 0.463. The average Bonchev–Trinajstić information content (AvgIpc) is 3.02. The van der Waals surface area contributed by atoms with Crippen molar-refractivity contribution in [2.75, 3.05) is 6.54 Å². The Hall–Kier alpha value is -4.66. The van der Waals surface area contributed by atoms with Crippen LogP contribution in [0.15, 0.2) is 84.9 Å². The van der Waals surface area contributed by atoms with Gasteiger partial charge < -0.3 is 25.0 Å². The molecule has 3 unspecified atom stereocenters. The number of carbonyl (C=O) groups is 4. The molecule has 0 heterocycles. The van der Waals surface area contributed by atoms with Gasteiger partial charge in [-0.2, -0.15) is 0 Å². The van der Waals surface area contributed by atoms with Crippen molar-refractivity contribution in [3.05, 3.63) is 107 Å². The predicted molar refractivity (Wildman–Crippen MR) is 196 cm³/mol. The molecule has 3 aromatic carbocycles. The lowest BCUT2D eigenvalue weighted by molar-refractivity contribution is -0.159. The van der Waals surface area contributed by atoms with Crippen LogP contribution in [0.1, 0.15) is 96.0 Å². The molecule has 0 aliphatic rings. The zero-order valence-electron chi connectivity index (χ0n) is 31.0. The number of hydrogen-bond donors (Lipinski definition) is 2. The number of amides is 3. The van der Waals surface area contributed by atoms with Gasteiger partial charge in [0.15, 0.2) is 0 Å². The zero-order chi connectivity index (χ0) is 36.9. The van der Waals surface area contributed by atoms with Gasteiger partial charge in [0.2, 0.25) is 11.8 Å². The third-order valence-electron chi connectivity index (χ3n) is 7.77. The standard InChI is InChI=1S/C41H55N3O6/c1-9-10-17-25-44(37(46)33(27-30-20-13-11-14-21-30)43-39(48)50-41(6,7)8)35(32-24-18-19-29(2)26-32)36(45)42-34(38(47)49-40(3,4)5)28-31-22-15-12-16-23-31/h11-16,18-24,26,33-35H,9-10,17,25,27-28H2,1-8H3,(H,42,45)(H,43,48). The monoisotopic (exact) mass is 685 g/mol. The van der Waals surface area contributed by atoms with Gasteiger partial charge in [-0.15, -0.1) is 0 Å². The fourth-order valence-electron chi connectivity index (χ4n) is 5.58. The lowest BCUT2D eigenvalue weighted by Crippen LogP contribution is -2.55. The van der Waals surface area contributed by atoms with Crippen molar-refractivity contribution in [3.63, 3.8) is 0 Å². The van der Waals surface area contributed by atoms with Gasteiger partial charge in [-0.1, -0.05) is 110 Å². The number of rotatable bonds is 15. The van der Waals surface area contributed by atoms with Gasteiger partial charge in [0.1, 0.15) is 29.3 Å².